The molecule has 2 heterocycles. The fourth-order valence-corrected chi connectivity index (χ4v) is 4.81. The van der Waals surface area contributed by atoms with Gasteiger partial charge in [0.2, 0.25) is 0 Å². The highest BCUT2D eigenvalue weighted by molar-refractivity contribution is 5.85. The molecule has 1 amide bonds. The molecule has 0 unspecified atom stereocenters. The Morgan fingerprint density at radius 1 is 1.21 bits per heavy atom. The van der Waals surface area contributed by atoms with E-state index in [1.807, 2.05) is 30.9 Å². The molecule has 1 saturated heterocycles. The Labute approximate surface area is 170 Å². The predicted molar refractivity (Wildman–Crippen MR) is 110 cm³/mol. The highest BCUT2D eigenvalue weighted by Crippen LogP contribution is 2.39. The molecule has 1 aliphatic carbocycles. The van der Waals surface area contributed by atoms with Crippen molar-refractivity contribution >= 4 is 16.9 Å². The molecular formula is C23H29NO5. The number of likely N-dealkylation sites (tertiary alicyclic amines) is 1. The lowest BCUT2D eigenvalue weighted by atomic mass is 9.71. The first-order chi connectivity index (χ1) is 13.8. The van der Waals surface area contributed by atoms with E-state index in [4.69, 9.17) is 9.15 Å². The summed E-state index contributed by atoms with van der Waals surface area (Å²) in [6, 6.07) is 3.70. The molecule has 4 rings (SSSR count). The predicted octanol–water partition coefficient (Wildman–Crippen LogP) is 3.25. The standard InChI is InChI=1S/C23H29NO5/c1-14-15(2)22(26)29-21-16(3)19(8-7-18(14)21)28-13-20(25)24-11-10-23(27)9-5-4-6-17(23)12-24/h7-8,17,27H,4-6,9-13H2,1-3H3/t17-,23-/m1/s1. The maximum atomic E-state index is 12.7. The van der Waals surface area contributed by atoms with Gasteiger partial charge in [-0.15, -0.1) is 0 Å². The number of piperidine rings is 1. The summed E-state index contributed by atoms with van der Waals surface area (Å²) in [5.74, 6) is 0.638. The van der Waals surface area contributed by atoms with Crippen molar-refractivity contribution in [1.82, 2.24) is 4.90 Å². The molecular weight excluding hydrogens is 370 g/mol. The second-order valence-corrected chi connectivity index (χ2v) is 8.63. The van der Waals surface area contributed by atoms with Crippen molar-refractivity contribution in [3.63, 3.8) is 0 Å². The minimum absolute atomic E-state index is 0.0629. The molecule has 2 fully saturated rings. The number of hydrogen-bond donors (Lipinski definition) is 1. The number of benzene rings is 1. The van der Waals surface area contributed by atoms with Gasteiger partial charge >= 0.3 is 5.63 Å². The van der Waals surface area contributed by atoms with Crippen molar-refractivity contribution in [2.45, 2.75) is 58.5 Å². The van der Waals surface area contributed by atoms with E-state index in [2.05, 4.69) is 0 Å². The molecule has 0 bridgehead atoms. The van der Waals surface area contributed by atoms with Crippen LogP contribution in [-0.2, 0) is 4.79 Å². The number of amides is 1. The quantitative estimate of drug-likeness (QED) is 0.802. The van der Waals surface area contributed by atoms with Gasteiger partial charge in [0, 0.05) is 35.5 Å². The zero-order valence-corrected chi connectivity index (χ0v) is 17.4. The average molecular weight is 399 g/mol. The van der Waals surface area contributed by atoms with Crippen LogP contribution in [0.5, 0.6) is 5.75 Å². The molecule has 156 valence electrons. The Morgan fingerprint density at radius 3 is 2.79 bits per heavy atom. The number of aliphatic hydroxyl groups is 1. The van der Waals surface area contributed by atoms with Crippen LogP contribution in [0.4, 0.5) is 0 Å². The first kappa shape index (κ1) is 20.0. The van der Waals surface area contributed by atoms with Gasteiger partial charge < -0.3 is 19.2 Å². The maximum Gasteiger partial charge on any atom is 0.339 e. The summed E-state index contributed by atoms with van der Waals surface area (Å²) in [5, 5.41) is 11.7. The summed E-state index contributed by atoms with van der Waals surface area (Å²) >= 11 is 0. The van der Waals surface area contributed by atoms with E-state index >= 15 is 0 Å². The molecule has 2 atom stereocenters. The highest BCUT2D eigenvalue weighted by atomic mass is 16.5. The van der Waals surface area contributed by atoms with Gasteiger partial charge in [0.05, 0.1) is 5.60 Å². The number of carbonyl (C=O) groups excluding carboxylic acids is 1. The van der Waals surface area contributed by atoms with E-state index in [9.17, 15) is 14.7 Å². The fraction of sp³-hybridized carbons (Fsp3) is 0.565. The third-order valence-corrected chi connectivity index (χ3v) is 6.96. The largest absolute Gasteiger partial charge is 0.483 e. The molecule has 2 aromatic rings. The number of carbonyl (C=O) groups is 1. The van der Waals surface area contributed by atoms with E-state index in [0.717, 1.165) is 42.2 Å². The minimum atomic E-state index is -0.599. The lowest BCUT2D eigenvalue weighted by Crippen LogP contribution is -2.55. The van der Waals surface area contributed by atoms with Gasteiger partial charge in [-0.2, -0.15) is 0 Å². The van der Waals surface area contributed by atoms with Gasteiger partial charge in [-0.05, 0) is 57.7 Å². The van der Waals surface area contributed by atoms with E-state index < -0.39 is 5.60 Å². The lowest BCUT2D eigenvalue weighted by Gasteiger charge is -2.47. The van der Waals surface area contributed by atoms with Gasteiger partial charge in [-0.1, -0.05) is 12.8 Å². The third kappa shape index (κ3) is 3.54. The van der Waals surface area contributed by atoms with Crippen molar-refractivity contribution < 1.29 is 19.1 Å². The van der Waals surface area contributed by atoms with Crippen LogP contribution in [0.2, 0.25) is 0 Å². The first-order valence-electron chi connectivity index (χ1n) is 10.5. The molecule has 0 spiro atoms. The number of nitrogens with zero attached hydrogens (tertiary/aromatic N) is 1. The fourth-order valence-electron chi connectivity index (χ4n) is 4.81. The average Bonchev–Trinajstić information content (AvgIpc) is 2.71. The van der Waals surface area contributed by atoms with Crippen molar-refractivity contribution in [2.24, 2.45) is 5.92 Å². The summed E-state index contributed by atoms with van der Waals surface area (Å²) in [6.07, 6.45) is 4.65. The van der Waals surface area contributed by atoms with Gasteiger partial charge in [-0.25, -0.2) is 4.79 Å². The zero-order chi connectivity index (χ0) is 20.8. The second kappa shape index (κ2) is 7.48. The number of hydrogen-bond acceptors (Lipinski definition) is 5. The first-order valence-corrected chi connectivity index (χ1v) is 10.5. The van der Waals surface area contributed by atoms with Gasteiger partial charge in [0.15, 0.2) is 6.61 Å². The van der Waals surface area contributed by atoms with Crippen molar-refractivity contribution in [3.8, 4) is 5.75 Å². The van der Waals surface area contributed by atoms with Crippen LogP contribution in [0.1, 0.15) is 48.8 Å². The Morgan fingerprint density at radius 2 is 2.00 bits per heavy atom. The molecule has 6 nitrogen and oxygen atoms in total. The van der Waals surface area contributed by atoms with Gasteiger partial charge in [0.25, 0.3) is 5.91 Å². The normalized spacial score (nSPS) is 24.4. The molecule has 1 saturated carbocycles. The third-order valence-electron chi connectivity index (χ3n) is 6.96. The van der Waals surface area contributed by atoms with Crippen molar-refractivity contribution in [3.05, 3.63) is 39.2 Å². The van der Waals surface area contributed by atoms with E-state index in [1.165, 1.54) is 0 Å². The molecule has 0 radical (unpaired) electrons. The number of ether oxygens (including phenoxy) is 1. The van der Waals surface area contributed by atoms with Gasteiger partial charge in [0.1, 0.15) is 11.3 Å². The van der Waals surface area contributed by atoms with Crippen LogP contribution in [0.3, 0.4) is 0 Å². The molecule has 2 aliphatic rings. The molecule has 1 aromatic heterocycles. The maximum absolute atomic E-state index is 12.7. The van der Waals surface area contributed by atoms with Crippen LogP contribution in [0.25, 0.3) is 11.0 Å². The Hall–Kier alpha value is -2.34. The molecule has 1 aliphatic heterocycles. The van der Waals surface area contributed by atoms with Crippen LogP contribution in [-0.4, -0.2) is 41.2 Å². The van der Waals surface area contributed by atoms with Crippen LogP contribution >= 0.6 is 0 Å². The Balaban J connectivity index is 1.47. The van der Waals surface area contributed by atoms with Crippen molar-refractivity contribution in [2.75, 3.05) is 19.7 Å². The second-order valence-electron chi connectivity index (χ2n) is 8.63. The van der Waals surface area contributed by atoms with E-state index in [1.54, 1.807) is 6.92 Å². The smallest absolute Gasteiger partial charge is 0.339 e. The minimum Gasteiger partial charge on any atom is -0.483 e. The monoisotopic (exact) mass is 399 g/mol. The number of aryl methyl sites for hydroxylation is 2. The summed E-state index contributed by atoms with van der Waals surface area (Å²) in [5.41, 5.74) is 1.78. The Bertz CT molecular complexity index is 1010. The van der Waals surface area contributed by atoms with Crippen molar-refractivity contribution in [1.29, 1.82) is 0 Å². The number of fused-ring (bicyclic) bond motifs is 2. The highest BCUT2D eigenvalue weighted by Gasteiger charge is 2.43. The molecule has 1 aromatic carbocycles. The SMILES string of the molecule is Cc1c(C)c2ccc(OCC(=O)N3CC[C@]4(O)CCCC[C@@H]4C3)c(C)c2oc1=O. The summed E-state index contributed by atoms with van der Waals surface area (Å²) in [6.45, 7) is 6.60. The molecule has 1 N–H and O–H groups in total. The zero-order valence-electron chi connectivity index (χ0n) is 17.4. The van der Waals surface area contributed by atoms with Crippen LogP contribution in [0, 0.1) is 26.7 Å². The lowest BCUT2D eigenvalue weighted by molar-refractivity contribution is -0.145. The number of rotatable bonds is 3. The summed E-state index contributed by atoms with van der Waals surface area (Å²) in [4.78, 5) is 26.6. The van der Waals surface area contributed by atoms with Crippen LogP contribution in [0.15, 0.2) is 21.3 Å². The summed E-state index contributed by atoms with van der Waals surface area (Å²) in [7, 11) is 0. The van der Waals surface area contributed by atoms with Crippen LogP contribution < -0.4 is 10.4 Å². The Kier molecular flexibility index (Phi) is 5.15. The summed E-state index contributed by atoms with van der Waals surface area (Å²) < 4.78 is 11.3. The van der Waals surface area contributed by atoms with E-state index in [0.29, 0.717) is 36.4 Å². The topological polar surface area (TPSA) is 80.0 Å². The van der Waals surface area contributed by atoms with E-state index in [-0.39, 0.29) is 24.1 Å². The molecule has 6 heteroatoms. The molecule has 29 heavy (non-hydrogen) atoms. The van der Waals surface area contributed by atoms with Gasteiger partial charge in [-0.3, -0.25) is 4.79 Å².